The molecule has 0 amide bonds. The molecule has 2 unspecified atom stereocenters. The van der Waals surface area contributed by atoms with Crippen molar-refractivity contribution in [2.24, 2.45) is 17.6 Å². The standard InChI is InChI=1S/C10H18N2S/c11-10-7-3-12(9-1-2-9)4-8(10)6-13-5-7/h7-10H,1-6,11H2. The zero-order valence-corrected chi connectivity index (χ0v) is 8.80. The lowest BCUT2D eigenvalue weighted by atomic mass is 9.85. The lowest BCUT2D eigenvalue weighted by Gasteiger charge is -2.45. The van der Waals surface area contributed by atoms with Crippen LogP contribution in [-0.4, -0.2) is 41.6 Å². The van der Waals surface area contributed by atoms with E-state index < -0.39 is 0 Å². The van der Waals surface area contributed by atoms with E-state index in [0.29, 0.717) is 6.04 Å². The monoisotopic (exact) mass is 198 g/mol. The Hall–Kier alpha value is 0.270. The second-order valence-electron chi connectivity index (χ2n) is 4.82. The van der Waals surface area contributed by atoms with Gasteiger partial charge in [0.1, 0.15) is 0 Å². The molecule has 0 spiro atoms. The van der Waals surface area contributed by atoms with Gasteiger partial charge in [0.25, 0.3) is 0 Å². The number of nitrogens with two attached hydrogens (primary N) is 1. The number of hydrogen-bond acceptors (Lipinski definition) is 3. The fourth-order valence-electron chi connectivity index (χ4n) is 2.74. The molecule has 13 heavy (non-hydrogen) atoms. The molecule has 2 atom stereocenters. The average Bonchev–Trinajstić information content (AvgIpc) is 2.85. The highest BCUT2D eigenvalue weighted by molar-refractivity contribution is 7.99. The van der Waals surface area contributed by atoms with Crippen molar-refractivity contribution >= 4 is 11.8 Å². The van der Waals surface area contributed by atoms with E-state index >= 15 is 0 Å². The van der Waals surface area contributed by atoms with Crippen molar-refractivity contribution in [1.29, 1.82) is 0 Å². The summed E-state index contributed by atoms with van der Waals surface area (Å²) in [7, 11) is 0. The van der Waals surface area contributed by atoms with Crippen molar-refractivity contribution in [2.75, 3.05) is 24.6 Å². The van der Waals surface area contributed by atoms with E-state index in [1.807, 2.05) is 0 Å². The maximum Gasteiger partial charge on any atom is 0.0136 e. The van der Waals surface area contributed by atoms with Crippen molar-refractivity contribution in [1.82, 2.24) is 4.90 Å². The van der Waals surface area contributed by atoms with Crippen LogP contribution >= 0.6 is 11.8 Å². The molecule has 0 aromatic carbocycles. The van der Waals surface area contributed by atoms with Crippen LogP contribution < -0.4 is 5.73 Å². The molecule has 0 aromatic rings. The minimum absolute atomic E-state index is 0.510. The summed E-state index contributed by atoms with van der Waals surface area (Å²) >= 11 is 2.12. The summed E-state index contributed by atoms with van der Waals surface area (Å²) < 4.78 is 0. The summed E-state index contributed by atoms with van der Waals surface area (Å²) in [6, 6.07) is 1.46. The Balaban J connectivity index is 1.72. The molecule has 2 N–H and O–H groups in total. The third kappa shape index (κ3) is 1.51. The summed E-state index contributed by atoms with van der Waals surface area (Å²) in [5.74, 6) is 4.19. The minimum atomic E-state index is 0.510. The predicted octanol–water partition coefficient (Wildman–Crippen LogP) is 0.771. The van der Waals surface area contributed by atoms with Gasteiger partial charge < -0.3 is 5.73 Å². The van der Waals surface area contributed by atoms with Gasteiger partial charge in [0, 0.05) is 25.2 Å². The first-order valence-corrected chi connectivity index (χ1v) is 6.57. The van der Waals surface area contributed by atoms with Gasteiger partial charge in [-0.25, -0.2) is 0 Å². The van der Waals surface area contributed by atoms with E-state index in [0.717, 1.165) is 17.9 Å². The van der Waals surface area contributed by atoms with E-state index in [4.69, 9.17) is 5.73 Å². The highest BCUT2D eigenvalue weighted by atomic mass is 32.2. The van der Waals surface area contributed by atoms with Gasteiger partial charge in [0.05, 0.1) is 0 Å². The van der Waals surface area contributed by atoms with Crippen LogP contribution in [0.15, 0.2) is 0 Å². The van der Waals surface area contributed by atoms with Crippen LogP contribution in [0.25, 0.3) is 0 Å². The Kier molecular flexibility index (Phi) is 2.07. The first-order chi connectivity index (χ1) is 6.34. The van der Waals surface area contributed by atoms with Gasteiger partial charge >= 0.3 is 0 Å². The normalized spacial score (nSPS) is 46.4. The van der Waals surface area contributed by atoms with Crippen LogP contribution in [0.2, 0.25) is 0 Å². The van der Waals surface area contributed by atoms with Crippen LogP contribution in [0.3, 0.4) is 0 Å². The second kappa shape index (κ2) is 3.14. The van der Waals surface area contributed by atoms with Crippen molar-refractivity contribution < 1.29 is 0 Å². The van der Waals surface area contributed by atoms with Crippen LogP contribution in [0.4, 0.5) is 0 Å². The SMILES string of the molecule is NC1C2CSCC1CN(C1CC1)C2. The van der Waals surface area contributed by atoms with Crippen LogP contribution in [0, 0.1) is 11.8 Å². The molecule has 2 aliphatic heterocycles. The molecule has 1 saturated carbocycles. The second-order valence-corrected chi connectivity index (χ2v) is 5.89. The van der Waals surface area contributed by atoms with Crippen LogP contribution in [0.1, 0.15) is 12.8 Å². The highest BCUT2D eigenvalue weighted by Crippen LogP contribution is 2.37. The van der Waals surface area contributed by atoms with Gasteiger partial charge in [-0.2, -0.15) is 11.8 Å². The maximum absolute atomic E-state index is 6.23. The summed E-state index contributed by atoms with van der Waals surface area (Å²) in [6.07, 6.45) is 2.89. The van der Waals surface area contributed by atoms with Gasteiger partial charge in [-0.3, -0.25) is 4.90 Å². The van der Waals surface area contributed by atoms with E-state index in [9.17, 15) is 0 Å². The molecule has 0 radical (unpaired) electrons. The summed E-state index contributed by atoms with van der Waals surface area (Å²) in [5.41, 5.74) is 6.23. The lowest BCUT2D eigenvalue weighted by molar-refractivity contribution is 0.111. The first kappa shape index (κ1) is 8.57. The summed E-state index contributed by atoms with van der Waals surface area (Å²) in [6.45, 7) is 2.57. The molecule has 1 aliphatic carbocycles. The number of rotatable bonds is 1. The quantitative estimate of drug-likeness (QED) is 0.675. The molecule has 3 heteroatoms. The fraction of sp³-hybridized carbons (Fsp3) is 1.00. The molecule has 3 rings (SSSR count). The molecular weight excluding hydrogens is 180 g/mol. The third-order valence-corrected chi connectivity index (χ3v) is 5.08. The highest BCUT2D eigenvalue weighted by Gasteiger charge is 2.41. The lowest BCUT2D eigenvalue weighted by Crippen LogP contribution is -2.57. The van der Waals surface area contributed by atoms with Gasteiger partial charge in [0.15, 0.2) is 0 Å². The number of likely N-dealkylation sites (tertiary alicyclic amines) is 1. The Bertz CT molecular complexity index is 191. The molecule has 2 bridgehead atoms. The van der Waals surface area contributed by atoms with E-state index in [1.165, 1.54) is 37.4 Å². The average molecular weight is 198 g/mol. The molecule has 2 nitrogen and oxygen atoms in total. The smallest absolute Gasteiger partial charge is 0.0136 e. The maximum atomic E-state index is 6.23. The summed E-state index contributed by atoms with van der Waals surface area (Å²) in [4.78, 5) is 2.71. The number of hydrogen-bond donors (Lipinski definition) is 1. The molecule has 3 fully saturated rings. The molecule has 3 aliphatic rings. The van der Waals surface area contributed by atoms with Gasteiger partial charge in [-0.15, -0.1) is 0 Å². The fourth-order valence-corrected chi connectivity index (χ4v) is 4.14. The van der Waals surface area contributed by atoms with Gasteiger partial charge in [0.2, 0.25) is 0 Å². The molecule has 0 aromatic heterocycles. The van der Waals surface area contributed by atoms with Crippen molar-refractivity contribution in [3.05, 3.63) is 0 Å². The van der Waals surface area contributed by atoms with E-state index in [2.05, 4.69) is 16.7 Å². The topological polar surface area (TPSA) is 29.3 Å². The molecule has 2 heterocycles. The Morgan fingerprint density at radius 2 is 1.69 bits per heavy atom. The Morgan fingerprint density at radius 3 is 2.23 bits per heavy atom. The number of nitrogens with zero attached hydrogens (tertiary/aromatic N) is 1. The van der Waals surface area contributed by atoms with Crippen molar-refractivity contribution in [2.45, 2.75) is 24.9 Å². The van der Waals surface area contributed by atoms with Gasteiger partial charge in [-0.1, -0.05) is 0 Å². The summed E-state index contributed by atoms with van der Waals surface area (Å²) in [5, 5.41) is 0. The molecular formula is C10H18N2S. The van der Waals surface area contributed by atoms with Crippen LogP contribution in [0.5, 0.6) is 0 Å². The van der Waals surface area contributed by atoms with E-state index in [-0.39, 0.29) is 0 Å². The van der Waals surface area contributed by atoms with E-state index in [1.54, 1.807) is 0 Å². The number of piperidine rings is 1. The van der Waals surface area contributed by atoms with Gasteiger partial charge in [-0.05, 0) is 36.2 Å². The Morgan fingerprint density at radius 1 is 1.08 bits per heavy atom. The number of fused-ring (bicyclic) bond motifs is 2. The van der Waals surface area contributed by atoms with Crippen LogP contribution in [-0.2, 0) is 0 Å². The third-order valence-electron chi connectivity index (χ3n) is 3.75. The molecule has 2 saturated heterocycles. The zero-order valence-electron chi connectivity index (χ0n) is 7.98. The van der Waals surface area contributed by atoms with Crippen molar-refractivity contribution in [3.63, 3.8) is 0 Å². The first-order valence-electron chi connectivity index (χ1n) is 5.42. The Labute approximate surface area is 84.2 Å². The van der Waals surface area contributed by atoms with Crippen molar-refractivity contribution in [3.8, 4) is 0 Å². The zero-order chi connectivity index (χ0) is 8.84. The molecule has 74 valence electrons. The number of thioether (sulfide) groups is 1. The minimum Gasteiger partial charge on any atom is -0.327 e. The largest absolute Gasteiger partial charge is 0.327 e. The predicted molar refractivity (Wildman–Crippen MR) is 56.9 cm³/mol.